The second-order valence-electron chi connectivity index (χ2n) is 7.79. The summed E-state index contributed by atoms with van der Waals surface area (Å²) in [5, 5.41) is 3.58. The number of ketones is 1. The highest BCUT2D eigenvalue weighted by Crippen LogP contribution is 2.31. The van der Waals surface area contributed by atoms with E-state index in [9.17, 15) is 22.0 Å². The summed E-state index contributed by atoms with van der Waals surface area (Å²) in [5.74, 6) is -2.87. The van der Waals surface area contributed by atoms with Crippen LogP contribution in [0.3, 0.4) is 0 Å². The fraction of sp³-hybridized carbons (Fsp3) is 0.273. The van der Waals surface area contributed by atoms with Gasteiger partial charge in [-0.05, 0) is 49.9 Å². The zero-order valence-corrected chi connectivity index (χ0v) is 19.1. The third-order valence-corrected chi connectivity index (χ3v) is 8.02. The van der Waals surface area contributed by atoms with Crippen LogP contribution in [0.5, 0.6) is 0 Å². The van der Waals surface area contributed by atoms with E-state index in [1.165, 1.54) is 6.07 Å². The standard InChI is InChI=1S/C22H22F2N4O3S2/c23-16-7-4-8-17(24)18(16)19(29)20-21(25)27-22(32-20)26-13-9-11-14(12-10-13)28-33(30,31)15-5-2-1-3-6-15/h1-8,13-14,28H,9-12,25H2,(H,26,27). The number of sulfonamides is 1. The molecule has 7 nitrogen and oxygen atoms in total. The molecule has 11 heteroatoms. The second kappa shape index (κ2) is 9.54. The number of nitrogens with zero attached hydrogens (tertiary/aromatic N) is 1. The van der Waals surface area contributed by atoms with Gasteiger partial charge in [0, 0.05) is 12.1 Å². The number of carbonyl (C=O) groups is 1. The van der Waals surface area contributed by atoms with Crippen LogP contribution in [0.4, 0.5) is 19.7 Å². The SMILES string of the molecule is Nc1nc(NC2CCC(NS(=O)(=O)c3ccccc3)CC2)sc1C(=O)c1c(F)cccc1F. The van der Waals surface area contributed by atoms with Crippen LogP contribution in [-0.2, 0) is 10.0 Å². The van der Waals surface area contributed by atoms with Crippen LogP contribution in [0.1, 0.15) is 40.9 Å². The zero-order valence-electron chi connectivity index (χ0n) is 17.4. The molecular weight excluding hydrogens is 470 g/mol. The van der Waals surface area contributed by atoms with Gasteiger partial charge in [0.05, 0.1) is 10.5 Å². The lowest BCUT2D eigenvalue weighted by Crippen LogP contribution is -2.40. The molecule has 0 atom stereocenters. The van der Waals surface area contributed by atoms with E-state index in [2.05, 4.69) is 15.0 Å². The van der Waals surface area contributed by atoms with Gasteiger partial charge in [-0.1, -0.05) is 35.6 Å². The van der Waals surface area contributed by atoms with Crippen LogP contribution in [0.15, 0.2) is 53.4 Å². The van der Waals surface area contributed by atoms with Crippen molar-refractivity contribution in [2.75, 3.05) is 11.1 Å². The predicted octanol–water partition coefficient (Wildman–Crippen LogP) is 3.94. The molecule has 1 heterocycles. The third kappa shape index (κ3) is 5.21. The lowest BCUT2D eigenvalue weighted by atomic mass is 9.92. The van der Waals surface area contributed by atoms with Gasteiger partial charge in [-0.15, -0.1) is 0 Å². The minimum Gasteiger partial charge on any atom is -0.382 e. The highest BCUT2D eigenvalue weighted by atomic mass is 32.2. The molecule has 4 N–H and O–H groups in total. The number of hydrogen-bond acceptors (Lipinski definition) is 7. The van der Waals surface area contributed by atoms with Crippen molar-refractivity contribution in [3.05, 3.63) is 70.6 Å². The number of carbonyl (C=O) groups excluding carboxylic acids is 1. The summed E-state index contributed by atoms with van der Waals surface area (Å²) in [6, 6.07) is 11.2. The first kappa shape index (κ1) is 23.3. The van der Waals surface area contributed by atoms with Crippen molar-refractivity contribution in [3.8, 4) is 0 Å². The molecule has 0 radical (unpaired) electrons. The summed E-state index contributed by atoms with van der Waals surface area (Å²) in [7, 11) is -3.58. The van der Waals surface area contributed by atoms with Crippen molar-refractivity contribution in [1.29, 1.82) is 0 Å². The summed E-state index contributed by atoms with van der Waals surface area (Å²) in [6.45, 7) is 0. The molecule has 4 rings (SSSR count). The molecule has 1 aliphatic rings. The first-order valence-electron chi connectivity index (χ1n) is 10.3. The number of thiazole rings is 1. The summed E-state index contributed by atoms with van der Waals surface area (Å²) in [4.78, 5) is 17.0. The number of nitrogens with one attached hydrogen (secondary N) is 2. The maximum Gasteiger partial charge on any atom is 0.240 e. The van der Waals surface area contributed by atoms with Gasteiger partial charge < -0.3 is 11.1 Å². The van der Waals surface area contributed by atoms with Gasteiger partial charge in [-0.2, -0.15) is 0 Å². The van der Waals surface area contributed by atoms with Gasteiger partial charge in [0.2, 0.25) is 15.8 Å². The summed E-state index contributed by atoms with van der Waals surface area (Å²) in [5.41, 5.74) is 5.19. The Morgan fingerprint density at radius 1 is 0.970 bits per heavy atom. The first-order chi connectivity index (χ1) is 15.7. The van der Waals surface area contributed by atoms with Gasteiger partial charge in [-0.25, -0.2) is 26.9 Å². The molecule has 174 valence electrons. The molecule has 2 aromatic carbocycles. The number of halogens is 2. The second-order valence-corrected chi connectivity index (χ2v) is 10.5. The molecule has 0 bridgehead atoms. The number of benzene rings is 2. The highest BCUT2D eigenvalue weighted by Gasteiger charge is 2.28. The quantitative estimate of drug-likeness (QED) is 0.431. The number of hydrogen-bond donors (Lipinski definition) is 3. The topological polar surface area (TPSA) is 114 Å². The number of nitrogens with two attached hydrogens (primary N) is 1. The molecule has 0 unspecified atom stereocenters. The molecule has 1 aliphatic carbocycles. The van der Waals surface area contributed by atoms with E-state index in [0.29, 0.717) is 30.8 Å². The summed E-state index contributed by atoms with van der Waals surface area (Å²) >= 11 is 0.940. The third-order valence-electron chi connectivity index (χ3n) is 5.48. The smallest absolute Gasteiger partial charge is 0.240 e. The Morgan fingerprint density at radius 2 is 1.58 bits per heavy atom. The monoisotopic (exact) mass is 492 g/mol. The van der Waals surface area contributed by atoms with Crippen molar-refractivity contribution < 1.29 is 22.0 Å². The molecule has 1 fully saturated rings. The Balaban J connectivity index is 1.37. The van der Waals surface area contributed by atoms with Crippen molar-refractivity contribution in [2.45, 2.75) is 42.7 Å². The van der Waals surface area contributed by atoms with Crippen LogP contribution in [0.2, 0.25) is 0 Å². The number of aromatic nitrogens is 1. The molecule has 0 amide bonds. The van der Waals surface area contributed by atoms with Gasteiger partial charge in [-0.3, -0.25) is 4.79 Å². The molecule has 0 aliphatic heterocycles. The lowest BCUT2D eigenvalue weighted by molar-refractivity contribution is 0.103. The van der Waals surface area contributed by atoms with Crippen molar-refractivity contribution in [3.63, 3.8) is 0 Å². The number of rotatable bonds is 7. The normalized spacial score (nSPS) is 18.7. The van der Waals surface area contributed by atoms with Crippen molar-refractivity contribution >= 4 is 38.1 Å². The van der Waals surface area contributed by atoms with E-state index in [-0.39, 0.29) is 27.7 Å². The Bertz CT molecular complexity index is 1240. The van der Waals surface area contributed by atoms with Gasteiger partial charge in [0.1, 0.15) is 22.3 Å². The summed E-state index contributed by atoms with van der Waals surface area (Å²) in [6.07, 6.45) is 2.59. The first-order valence-corrected chi connectivity index (χ1v) is 12.6. The summed E-state index contributed by atoms with van der Waals surface area (Å²) < 4.78 is 55.7. The Kier molecular flexibility index (Phi) is 6.73. The van der Waals surface area contributed by atoms with E-state index in [1.807, 2.05) is 0 Å². The van der Waals surface area contributed by atoms with Gasteiger partial charge >= 0.3 is 0 Å². The average molecular weight is 493 g/mol. The molecule has 0 spiro atoms. The Morgan fingerprint density at radius 3 is 2.21 bits per heavy atom. The van der Waals surface area contributed by atoms with E-state index in [0.717, 1.165) is 23.5 Å². The zero-order chi connectivity index (χ0) is 23.6. The van der Waals surface area contributed by atoms with Gasteiger partial charge in [0.25, 0.3) is 0 Å². The fourth-order valence-corrected chi connectivity index (χ4v) is 6.04. The molecule has 0 saturated heterocycles. The van der Waals surface area contributed by atoms with E-state index in [4.69, 9.17) is 5.73 Å². The molecule has 1 saturated carbocycles. The Hall–Kier alpha value is -2.89. The fourth-order valence-electron chi connectivity index (χ4n) is 3.80. The molecule has 33 heavy (non-hydrogen) atoms. The highest BCUT2D eigenvalue weighted by molar-refractivity contribution is 7.89. The van der Waals surface area contributed by atoms with E-state index in [1.54, 1.807) is 30.3 Å². The maximum atomic E-state index is 14.0. The largest absolute Gasteiger partial charge is 0.382 e. The van der Waals surface area contributed by atoms with Crippen molar-refractivity contribution in [1.82, 2.24) is 9.71 Å². The van der Waals surface area contributed by atoms with Crippen LogP contribution in [-0.4, -0.2) is 31.3 Å². The minimum atomic E-state index is -3.58. The molecule has 3 aromatic rings. The van der Waals surface area contributed by atoms with Crippen molar-refractivity contribution in [2.24, 2.45) is 0 Å². The van der Waals surface area contributed by atoms with Crippen LogP contribution in [0.25, 0.3) is 0 Å². The average Bonchev–Trinajstić information content (AvgIpc) is 3.15. The predicted molar refractivity (Wildman–Crippen MR) is 123 cm³/mol. The van der Waals surface area contributed by atoms with E-state index < -0.39 is 33.0 Å². The van der Waals surface area contributed by atoms with Crippen LogP contribution < -0.4 is 15.8 Å². The molecule has 1 aromatic heterocycles. The van der Waals surface area contributed by atoms with Crippen LogP contribution in [0, 0.1) is 11.6 Å². The number of anilines is 2. The lowest BCUT2D eigenvalue weighted by Gasteiger charge is -2.29. The van der Waals surface area contributed by atoms with Crippen LogP contribution >= 0.6 is 11.3 Å². The molecular formula is C22H22F2N4O3S2. The number of nitrogen functional groups attached to an aromatic ring is 1. The maximum absolute atomic E-state index is 14.0. The Labute approximate surface area is 194 Å². The van der Waals surface area contributed by atoms with E-state index >= 15 is 0 Å². The minimum absolute atomic E-state index is 0.00109. The van der Waals surface area contributed by atoms with Gasteiger partial charge in [0.15, 0.2) is 5.13 Å².